The Morgan fingerprint density at radius 3 is 1.76 bits per heavy atom. The van der Waals surface area contributed by atoms with Crippen LogP contribution in [0.5, 0.6) is 0 Å². The van der Waals surface area contributed by atoms with Crippen molar-refractivity contribution < 1.29 is 21.3 Å². The zero-order valence-corrected chi connectivity index (χ0v) is 36.3. The SMILES string of the molecule is O=S1(=O)c2cccc3c2B2c4c(cccc4S(=O)(=O)c4cccc1c42)C31c2cccc3ccc4ccc(-c5ccc(-n6c7ccccc7c7cc8c(cc76)oc6ccccc68)cc5)c1c4c23. The first-order chi connectivity index (χ1) is 32.3. The fraction of sp³-hybridized carbons (Fsp3) is 0.0175. The van der Waals surface area contributed by atoms with Gasteiger partial charge in [-0.1, -0.05) is 121 Å². The lowest BCUT2D eigenvalue weighted by Crippen LogP contribution is -2.68. The Kier molecular flexibility index (Phi) is 6.24. The summed E-state index contributed by atoms with van der Waals surface area (Å²) in [6.45, 7) is -0.580. The molecule has 0 atom stereocenters. The van der Waals surface area contributed by atoms with E-state index in [1.165, 1.54) is 0 Å². The maximum atomic E-state index is 14.9. The number of aromatic nitrogens is 1. The Balaban J connectivity index is 0.993. The average molecular weight is 884 g/mol. The Labute approximate surface area is 377 Å². The summed E-state index contributed by atoms with van der Waals surface area (Å²) in [6.07, 6.45) is 0. The van der Waals surface area contributed by atoms with E-state index in [0.717, 1.165) is 104 Å². The van der Waals surface area contributed by atoms with Gasteiger partial charge in [0.2, 0.25) is 26.4 Å². The average Bonchev–Trinajstić information content (AvgIpc) is 3.98. The predicted octanol–water partition coefficient (Wildman–Crippen LogP) is 10.5. The van der Waals surface area contributed by atoms with Gasteiger partial charge in [0, 0.05) is 33.3 Å². The number of hydrogen-bond donors (Lipinski definition) is 0. The van der Waals surface area contributed by atoms with Gasteiger partial charge < -0.3 is 8.98 Å². The molecule has 0 N–H and O–H groups in total. The van der Waals surface area contributed by atoms with Crippen LogP contribution in [0.15, 0.2) is 206 Å². The fourth-order valence-electron chi connectivity index (χ4n) is 13.0. The van der Waals surface area contributed by atoms with Crippen LogP contribution in [-0.2, 0) is 25.1 Å². The third kappa shape index (κ3) is 3.89. The van der Waals surface area contributed by atoms with E-state index >= 15 is 0 Å². The third-order valence-corrected chi connectivity index (χ3v) is 19.1. The van der Waals surface area contributed by atoms with Gasteiger partial charge in [-0.2, -0.15) is 0 Å². The van der Waals surface area contributed by atoms with Crippen LogP contribution in [0.1, 0.15) is 22.3 Å². The fourth-order valence-corrected chi connectivity index (χ4v) is 16.6. The molecule has 0 fully saturated rings. The molecule has 4 aliphatic rings. The standard InChI is InChI=1S/C57H30BNO5S2/c60-65(61)47-17-6-13-41-54(47)58-55-42(14-7-18-48(55)66(62,63)50-20-8-19-49(65)56(50)58)57(41)40-12-5-9-32-21-22-33-25-28-35(53(57)52(33)51(32)40)31-23-26-34(27-24-31)59-43-15-3-1-10-36(43)38-29-39-37-11-2-4-16-45(37)64-46(39)30-44(38)59/h1-30H. The number of para-hydroxylation sites is 2. The Morgan fingerprint density at radius 1 is 0.439 bits per heavy atom. The first-order valence-electron chi connectivity index (χ1n) is 22.1. The van der Waals surface area contributed by atoms with Crippen molar-refractivity contribution in [2.75, 3.05) is 0 Å². The van der Waals surface area contributed by atoms with Crippen molar-refractivity contribution in [1.29, 1.82) is 0 Å². The van der Waals surface area contributed by atoms with Gasteiger partial charge >= 0.3 is 0 Å². The van der Waals surface area contributed by atoms with Gasteiger partial charge in [-0.25, -0.2) is 16.8 Å². The molecule has 9 heteroatoms. The van der Waals surface area contributed by atoms with E-state index in [4.69, 9.17) is 4.42 Å². The van der Waals surface area contributed by atoms with E-state index in [2.05, 4.69) is 126 Å². The lowest BCUT2D eigenvalue weighted by molar-refractivity contribution is 0.594. The smallest absolute Gasteiger partial charge is 0.248 e. The molecular formula is C57H30BNO5S2. The second-order valence-corrected chi connectivity index (χ2v) is 22.0. The van der Waals surface area contributed by atoms with Crippen LogP contribution >= 0.6 is 0 Å². The van der Waals surface area contributed by atoms with E-state index in [1.807, 2.05) is 30.3 Å². The van der Waals surface area contributed by atoms with Gasteiger partial charge in [-0.3, -0.25) is 0 Å². The highest BCUT2D eigenvalue weighted by molar-refractivity contribution is 7.93. The van der Waals surface area contributed by atoms with Crippen molar-refractivity contribution in [3.05, 3.63) is 204 Å². The molecule has 308 valence electrons. The summed E-state index contributed by atoms with van der Waals surface area (Å²) in [5.74, 6) is 0. The van der Waals surface area contributed by atoms with E-state index in [1.54, 1.807) is 30.3 Å². The first kappa shape index (κ1) is 35.6. The molecule has 10 aromatic carbocycles. The molecular weight excluding hydrogens is 854 g/mol. The van der Waals surface area contributed by atoms with Gasteiger partial charge in [0.1, 0.15) is 11.2 Å². The molecule has 1 spiro atoms. The zero-order chi connectivity index (χ0) is 43.6. The second kappa shape index (κ2) is 11.6. The van der Waals surface area contributed by atoms with Gasteiger partial charge in [0.25, 0.3) is 0 Å². The molecule has 0 saturated heterocycles. The Morgan fingerprint density at radius 2 is 1.03 bits per heavy atom. The molecule has 5 heterocycles. The number of sulfone groups is 2. The summed E-state index contributed by atoms with van der Waals surface area (Å²) in [4.78, 5) is 0.612. The van der Waals surface area contributed by atoms with Crippen molar-refractivity contribution in [3.63, 3.8) is 0 Å². The van der Waals surface area contributed by atoms with Crippen molar-refractivity contribution >= 4 is 108 Å². The maximum absolute atomic E-state index is 14.9. The molecule has 0 bridgehead atoms. The normalized spacial score (nSPS) is 16.2. The lowest BCUT2D eigenvalue weighted by Gasteiger charge is -2.47. The molecule has 3 aliphatic heterocycles. The summed E-state index contributed by atoms with van der Waals surface area (Å²) in [6, 6.07) is 61.0. The van der Waals surface area contributed by atoms with Gasteiger partial charge in [0.15, 0.2) is 0 Å². The summed E-state index contributed by atoms with van der Waals surface area (Å²) in [5.41, 5.74) is 11.2. The molecule has 1 aliphatic carbocycles. The minimum absolute atomic E-state index is 0.0690. The van der Waals surface area contributed by atoms with Crippen LogP contribution in [0.2, 0.25) is 0 Å². The van der Waals surface area contributed by atoms with Crippen molar-refractivity contribution in [2.24, 2.45) is 0 Å². The van der Waals surface area contributed by atoms with Gasteiger partial charge in [0.05, 0.1) is 36.0 Å². The monoisotopic (exact) mass is 883 g/mol. The van der Waals surface area contributed by atoms with Crippen LogP contribution < -0.4 is 16.4 Å². The quantitative estimate of drug-likeness (QED) is 0.128. The van der Waals surface area contributed by atoms with Crippen LogP contribution in [0.4, 0.5) is 0 Å². The molecule has 0 unspecified atom stereocenters. The van der Waals surface area contributed by atoms with E-state index in [0.29, 0.717) is 16.4 Å². The number of nitrogens with zero attached hydrogens (tertiary/aromatic N) is 1. The highest BCUT2D eigenvalue weighted by Gasteiger charge is 2.59. The molecule has 16 rings (SSSR count). The molecule has 0 radical (unpaired) electrons. The number of fused-ring (bicyclic) bond motifs is 10. The first-order valence-corrected chi connectivity index (χ1v) is 25.1. The van der Waals surface area contributed by atoms with Gasteiger partial charge in [-0.15, -0.1) is 0 Å². The van der Waals surface area contributed by atoms with Crippen LogP contribution in [0.3, 0.4) is 0 Å². The zero-order valence-electron chi connectivity index (χ0n) is 34.7. The van der Waals surface area contributed by atoms with Gasteiger partial charge in [-0.05, 0) is 126 Å². The number of rotatable bonds is 2. The largest absolute Gasteiger partial charge is 0.456 e. The molecule has 6 nitrogen and oxygen atoms in total. The molecule has 0 saturated carbocycles. The van der Waals surface area contributed by atoms with Crippen LogP contribution in [-0.4, -0.2) is 28.1 Å². The summed E-state index contributed by atoms with van der Waals surface area (Å²) < 4.78 is 68.4. The van der Waals surface area contributed by atoms with Crippen LogP contribution in [0, 0.1) is 0 Å². The van der Waals surface area contributed by atoms with E-state index in [9.17, 15) is 16.8 Å². The van der Waals surface area contributed by atoms with E-state index in [-0.39, 0.29) is 19.6 Å². The molecule has 2 aromatic heterocycles. The minimum atomic E-state index is -4.11. The lowest BCUT2D eigenvalue weighted by atomic mass is 9.30. The number of hydrogen-bond acceptors (Lipinski definition) is 5. The van der Waals surface area contributed by atoms with Crippen molar-refractivity contribution in [2.45, 2.75) is 25.0 Å². The number of furan rings is 1. The van der Waals surface area contributed by atoms with Crippen molar-refractivity contribution in [3.8, 4) is 16.8 Å². The summed E-state index contributed by atoms with van der Waals surface area (Å²) in [7, 11) is -8.22. The predicted molar refractivity (Wildman–Crippen MR) is 262 cm³/mol. The highest BCUT2D eigenvalue weighted by atomic mass is 32.2. The number of benzene rings is 10. The molecule has 0 amide bonds. The Hall–Kier alpha value is -7.72. The van der Waals surface area contributed by atoms with E-state index < -0.39 is 31.8 Å². The molecule has 12 aromatic rings. The highest BCUT2D eigenvalue weighted by Crippen LogP contribution is 2.60. The third-order valence-electron chi connectivity index (χ3n) is 15.4. The maximum Gasteiger partial charge on any atom is 0.248 e. The summed E-state index contributed by atoms with van der Waals surface area (Å²) >= 11 is 0. The Bertz CT molecular complexity index is 4460. The topological polar surface area (TPSA) is 86.4 Å². The summed E-state index contributed by atoms with van der Waals surface area (Å²) in [5, 5.41) is 8.80. The molecule has 66 heavy (non-hydrogen) atoms. The second-order valence-electron chi connectivity index (χ2n) is 18.2. The van der Waals surface area contributed by atoms with Crippen molar-refractivity contribution in [1.82, 2.24) is 4.57 Å². The minimum Gasteiger partial charge on any atom is -0.456 e. The van der Waals surface area contributed by atoms with Crippen LogP contribution in [0.25, 0.3) is 82.1 Å².